The zero-order chi connectivity index (χ0) is 12.1. The Kier molecular flexibility index (Phi) is 4.74. The largest absolute Gasteiger partial charge is 0.329 e. The quantitative estimate of drug-likeness (QED) is 0.889. The molecule has 1 aromatic carbocycles. The van der Waals surface area contributed by atoms with Crippen molar-refractivity contribution in [1.82, 2.24) is 5.32 Å². The van der Waals surface area contributed by atoms with E-state index in [2.05, 4.69) is 44.8 Å². The molecule has 1 atom stereocenters. The third kappa shape index (κ3) is 3.39. The molecule has 17 heavy (non-hydrogen) atoms. The Morgan fingerprint density at radius 3 is 2.71 bits per heavy atom. The number of nitrogens with one attached hydrogen (secondary N) is 1. The Morgan fingerprint density at radius 2 is 2.06 bits per heavy atom. The molecule has 0 radical (unpaired) electrons. The van der Waals surface area contributed by atoms with Crippen LogP contribution >= 0.6 is 27.3 Å². The molecule has 90 valence electrons. The van der Waals surface area contributed by atoms with Crippen molar-refractivity contribution in [2.45, 2.75) is 12.6 Å². The molecule has 2 aromatic rings. The lowest BCUT2D eigenvalue weighted by atomic mass is 10.1. The van der Waals surface area contributed by atoms with E-state index in [4.69, 9.17) is 5.73 Å². The second kappa shape index (κ2) is 6.31. The maximum absolute atomic E-state index is 5.83. The van der Waals surface area contributed by atoms with Gasteiger partial charge < -0.3 is 11.1 Å². The van der Waals surface area contributed by atoms with Crippen LogP contribution < -0.4 is 11.1 Å². The highest BCUT2D eigenvalue weighted by Crippen LogP contribution is 2.23. The van der Waals surface area contributed by atoms with Crippen LogP contribution in [0.2, 0.25) is 0 Å². The number of benzene rings is 1. The smallest absolute Gasteiger partial charge is 0.0458 e. The maximum Gasteiger partial charge on any atom is 0.0458 e. The highest BCUT2D eigenvalue weighted by atomic mass is 79.9. The van der Waals surface area contributed by atoms with Gasteiger partial charge in [0.25, 0.3) is 0 Å². The van der Waals surface area contributed by atoms with E-state index in [0.29, 0.717) is 6.54 Å². The Balaban J connectivity index is 2.04. The highest BCUT2D eigenvalue weighted by Gasteiger charge is 2.11. The fourth-order valence-electron chi connectivity index (χ4n) is 1.71. The highest BCUT2D eigenvalue weighted by molar-refractivity contribution is 9.10. The molecule has 0 bridgehead atoms. The molecule has 0 spiro atoms. The standard InChI is InChI=1S/C13H15BrN2S/c14-12-6-2-1-5-11(12)13(8-15)16-9-10-4-3-7-17-10/h1-7,13,16H,8-9,15H2. The van der Waals surface area contributed by atoms with Gasteiger partial charge in [0.2, 0.25) is 0 Å². The average molecular weight is 311 g/mol. The second-order valence-electron chi connectivity index (χ2n) is 3.77. The van der Waals surface area contributed by atoms with Crippen LogP contribution in [-0.4, -0.2) is 6.54 Å². The van der Waals surface area contributed by atoms with Gasteiger partial charge in [-0.2, -0.15) is 0 Å². The lowest BCUT2D eigenvalue weighted by molar-refractivity contribution is 0.543. The number of hydrogen-bond donors (Lipinski definition) is 2. The summed E-state index contributed by atoms with van der Waals surface area (Å²) in [5, 5.41) is 5.57. The van der Waals surface area contributed by atoms with Crippen molar-refractivity contribution in [3.63, 3.8) is 0 Å². The van der Waals surface area contributed by atoms with Crippen LogP contribution in [0.3, 0.4) is 0 Å². The molecule has 2 rings (SSSR count). The Morgan fingerprint density at radius 1 is 1.24 bits per heavy atom. The van der Waals surface area contributed by atoms with E-state index in [-0.39, 0.29) is 6.04 Å². The van der Waals surface area contributed by atoms with Gasteiger partial charge in [0.15, 0.2) is 0 Å². The van der Waals surface area contributed by atoms with E-state index in [1.807, 2.05) is 18.2 Å². The molecule has 3 N–H and O–H groups in total. The number of hydrogen-bond acceptors (Lipinski definition) is 3. The zero-order valence-electron chi connectivity index (χ0n) is 9.40. The van der Waals surface area contributed by atoms with Gasteiger partial charge in [0.05, 0.1) is 0 Å². The summed E-state index contributed by atoms with van der Waals surface area (Å²) in [5.41, 5.74) is 7.05. The Bertz CT molecular complexity index is 456. The van der Waals surface area contributed by atoms with Crippen LogP contribution in [0.5, 0.6) is 0 Å². The molecule has 0 amide bonds. The molecule has 0 aliphatic rings. The zero-order valence-corrected chi connectivity index (χ0v) is 11.8. The predicted molar refractivity (Wildman–Crippen MR) is 77.1 cm³/mol. The summed E-state index contributed by atoms with van der Waals surface area (Å²) in [7, 11) is 0. The SMILES string of the molecule is NCC(NCc1cccs1)c1ccccc1Br. The Labute approximate surface area is 114 Å². The van der Waals surface area contributed by atoms with E-state index in [1.54, 1.807) is 11.3 Å². The van der Waals surface area contributed by atoms with Crippen molar-refractivity contribution in [3.05, 3.63) is 56.7 Å². The topological polar surface area (TPSA) is 38.0 Å². The maximum atomic E-state index is 5.83. The van der Waals surface area contributed by atoms with Crippen LogP contribution in [0.4, 0.5) is 0 Å². The molecule has 4 heteroatoms. The van der Waals surface area contributed by atoms with Gasteiger partial charge in [-0.15, -0.1) is 11.3 Å². The summed E-state index contributed by atoms with van der Waals surface area (Å²) in [4.78, 5) is 1.33. The molecular weight excluding hydrogens is 296 g/mol. The second-order valence-corrected chi connectivity index (χ2v) is 5.66. The first-order valence-corrected chi connectivity index (χ1v) is 7.19. The Hall–Kier alpha value is -0.680. The molecular formula is C13H15BrN2S. The van der Waals surface area contributed by atoms with Gasteiger partial charge in [-0.1, -0.05) is 40.2 Å². The van der Waals surface area contributed by atoms with Crippen molar-refractivity contribution in [2.75, 3.05) is 6.54 Å². The molecule has 0 aliphatic heterocycles. The van der Waals surface area contributed by atoms with E-state index in [0.717, 1.165) is 11.0 Å². The normalized spacial score (nSPS) is 12.6. The van der Waals surface area contributed by atoms with Crippen molar-refractivity contribution >= 4 is 27.3 Å². The number of thiophene rings is 1. The average Bonchev–Trinajstić information content (AvgIpc) is 2.85. The van der Waals surface area contributed by atoms with Crippen molar-refractivity contribution < 1.29 is 0 Å². The van der Waals surface area contributed by atoms with E-state index >= 15 is 0 Å². The first kappa shape index (κ1) is 12.8. The van der Waals surface area contributed by atoms with Crippen LogP contribution in [0.15, 0.2) is 46.3 Å². The van der Waals surface area contributed by atoms with Gasteiger partial charge in [-0.25, -0.2) is 0 Å². The molecule has 1 aromatic heterocycles. The monoisotopic (exact) mass is 310 g/mol. The summed E-state index contributed by atoms with van der Waals surface area (Å²) in [6.45, 7) is 1.45. The van der Waals surface area contributed by atoms with Crippen molar-refractivity contribution in [3.8, 4) is 0 Å². The minimum atomic E-state index is 0.188. The minimum absolute atomic E-state index is 0.188. The third-order valence-electron chi connectivity index (χ3n) is 2.62. The fourth-order valence-corrected chi connectivity index (χ4v) is 2.93. The van der Waals surface area contributed by atoms with Crippen molar-refractivity contribution in [2.24, 2.45) is 5.73 Å². The van der Waals surface area contributed by atoms with Crippen LogP contribution in [-0.2, 0) is 6.54 Å². The predicted octanol–water partition coefficient (Wildman–Crippen LogP) is 3.30. The summed E-state index contributed by atoms with van der Waals surface area (Å²) < 4.78 is 1.11. The molecule has 0 saturated carbocycles. The van der Waals surface area contributed by atoms with Crippen LogP contribution in [0.1, 0.15) is 16.5 Å². The number of nitrogens with two attached hydrogens (primary N) is 1. The first-order valence-electron chi connectivity index (χ1n) is 5.51. The summed E-state index contributed by atoms with van der Waals surface area (Å²) >= 11 is 5.32. The molecule has 1 unspecified atom stereocenters. The number of halogens is 1. The molecule has 0 aliphatic carbocycles. The van der Waals surface area contributed by atoms with Gasteiger partial charge in [0.1, 0.15) is 0 Å². The van der Waals surface area contributed by atoms with Crippen molar-refractivity contribution in [1.29, 1.82) is 0 Å². The first-order chi connectivity index (χ1) is 8.31. The van der Waals surface area contributed by atoms with Gasteiger partial charge in [-0.05, 0) is 23.1 Å². The van der Waals surface area contributed by atoms with E-state index in [1.165, 1.54) is 10.4 Å². The van der Waals surface area contributed by atoms with Crippen LogP contribution in [0, 0.1) is 0 Å². The fraction of sp³-hybridized carbons (Fsp3) is 0.231. The molecule has 2 nitrogen and oxygen atoms in total. The minimum Gasteiger partial charge on any atom is -0.329 e. The molecule has 0 fully saturated rings. The molecule has 1 heterocycles. The molecule has 0 saturated heterocycles. The third-order valence-corrected chi connectivity index (χ3v) is 4.22. The number of rotatable bonds is 5. The lowest BCUT2D eigenvalue weighted by Crippen LogP contribution is -2.27. The summed E-state index contributed by atoms with van der Waals surface area (Å²) in [6.07, 6.45) is 0. The van der Waals surface area contributed by atoms with Gasteiger partial charge in [0, 0.05) is 28.5 Å². The van der Waals surface area contributed by atoms with Gasteiger partial charge >= 0.3 is 0 Å². The van der Waals surface area contributed by atoms with E-state index in [9.17, 15) is 0 Å². The summed E-state index contributed by atoms with van der Waals surface area (Å²) in [5.74, 6) is 0. The van der Waals surface area contributed by atoms with E-state index < -0.39 is 0 Å². The lowest BCUT2D eigenvalue weighted by Gasteiger charge is -2.18. The van der Waals surface area contributed by atoms with Crippen LogP contribution in [0.25, 0.3) is 0 Å². The summed E-state index contributed by atoms with van der Waals surface area (Å²) in [6, 6.07) is 12.6. The van der Waals surface area contributed by atoms with Gasteiger partial charge in [-0.3, -0.25) is 0 Å².